The highest BCUT2D eigenvalue weighted by Crippen LogP contribution is 2.07. The molecule has 0 aliphatic rings. The first kappa shape index (κ1) is 13.7. The van der Waals surface area contributed by atoms with E-state index in [1.807, 2.05) is 0 Å². The van der Waals surface area contributed by atoms with Crippen molar-refractivity contribution >= 4 is 0 Å². The van der Waals surface area contributed by atoms with Gasteiger partial charge in [0.25, 0.3) is 0 Å². The van der Waals surface area contributed by atoms with Crippen LogP contribution >= 0.6 is 0 Å². The van der Waals surface area contributed by atoms with Gasteiger partial charge in [-0.25, -0.2) is 0 Å². The van der Waals surface area contributed by atoms with Crippen LogP contribution in [-0.2, 0) is 4.74 Å². The molecule has 0 aliphatic heterocycles. The van der Waals surface area contributed by atoms with Crippen LogP contribution in [0.1, 0.15) is 40.0 Å². The Hall–Kier alpha value is -0.340. The number of ether oxygens (including phenoxy) is 1. The Bertz CT molecular complexity index is 145. The largest absolute Gasteiger partial charge is 0.380 e. The molecule has 0 saturated carbocycles. The van der Waals surface area contributed by atoms with Gasteiger partial charge in [0.1, 0.15) is 0 Å². The smallest absolute Gasteiger partial charge is 0.0622 e. The molecule has 2 heteroatoms. The van der Waals surface area contributed by atoms with Crippen molar-refractivity contribution in [2.45, 2.75) is 46.1 Å². The fourth-order valence-corrected chi connectivity index (χ4v) is 1.34. The summed E-state index contributed by atoms with van der Waals surface area (Å²) < 4.78 is 5.54. The van der Waals surface area contributed by atoms with Crippen LogP contribution in [0, 0.1) is 0 Å². The van der Waals surface area contributed by atoms with Gasteiger partial charge in [0, 0.05) is 12.6 Å². The Kier molecular flexibility index (Phi) is 9.00. The summed E-state index contributed by atoms with van der Waals surface area (Å²) in [5.41, 5.74) is 1.30. The predicted octanol–water partition coefficient (Wildman–Crippen LogP) is 2.75. The quantitative estimate of drug-likeness (QED) is 0.455. The first-order chi connectivity index (χ1) is 6.74. The molecule has 0 aromatic rings. The second kappa shape index (κ2) is 9.22. The van der Waals surface area contributed by atoms with Crippen LogP contribution in [0.3, 0.4) is 0 Å². The number of likely N-dealkylation sites (N-methyl/N-ethyl adjacent to an activating group) is 1. The van der Waals surface area contributed by atoms with Crippen molar-refractivity contribution in [1.29, 1.82) is 0 Å². The fourth-order valence-electron chi connectivity index (χ4n) is 1.34. The third kappa shape index (κ3) is 7.10. The third-order valence-electron chi connectivity index (χ3n) is 2.20. The molecule has 0 heterocycles. The Morgan fingerprint density at radius 1 is 1.36 bits per heavy atom. The molecular weight excluding hydrogens is 174 g/mol. The van der Waals surface area contributed by atoms with Crippen LogP contribution < -0.4 is 5.32 Å². The van der Waals surface area contributed by atoms with E-state index in [2.05, 4.69) is 32.7 Å². The molecule has 0 fully saturated rings. The zero-order valence-electron chi connectivity index (χ0n) is 9.94. The Labute approximate surface area is 88.7 Å². The number of hydrogen-bond acceptors (Lipinski definition) is 2. The number of hydrogen-bond donors (Lipinski definition) is 1. The highest BCUT2D eigenvalue weighted by atomic mass is 16.5. The predicted molar refractivity (Wildman–Crippen MR) is 62.6 cm³/mol. The summed E-state index contributed by atoms with van der Waals surface area (Å²) >= 11 is 0. The number of rotatable bonds is 9. The lowest BCUT2D eigenvalue weighted by atomic mass is 10.1. The first-order valence-electron chi connectivity index (χ1n) is 5.72. The van der Waals surface area contributed by atoms with Crippen LogP contribution in [0.4, 0.5) is 0 Å². The Morgan fingerprint density at radius 3 is 2.57 bits per heavy atom. The molecule has 2 nitrogen and oxygen atoms in total. The van der Waals surface area contributed by atoms with Crippen LogP contribution in [-0.4, -0.2) is 25.8 Å². The Balaban J connectivity index is 3.70. The van der Waals surface area contributed by atoms with Crippen LogP contribution in [0.2, 0.25) is 0 Å². The zero-order valence-corrected chi connectivity index (χ0v) is 9.94. The summed E-state index contributed by atoms with van der Waals surface area (Å²) in [4.78, 5) is 0. The molecule has 0 radical (unpaired) electrons. The standard InChI is InChI=1S/C12H25NO/c1-5-8-14-10-12(13-7-3)9-11(4)6-2/h12-13H,4-10H2,1-3H3. The van der Waals surface area contributed by atoms with Gasteiger partial charge < -0.3 is 10.1 Å². The van der Waals surface area contributed by atoms with Crippen LogP contribution in [0.15, 0.2) is 12.2 Å². The zero-order chi connectivity index (χ0) is 10.8. The van der Waals surface area contributed by atoms with Gasteiger partial charge in [-0.2, -0.15) is 0 Å². The van der Waals surface area contributed by atoms with E-state index in [-0.39, 0.29) is 0 Å². The van der Waals surface area contributed by atoms with Gasteiger partial charge >= 0.3 is 0 Å². The fraction of sp³-hybridized carbons (Fsp3) is 0.833. The van der Waals surface area contributed by atoms with Crippen molar-refractivity contribution in [3.8, 4) is 0 Å². The average molecular weight is 199 g/mol. The molecule has 0 aromatic carbocycles. The van der Waals surface area contributed by atoms with Gasteiger partial charge in [-0.15, -0.1) is 0 Å². The van der Waals surface area contributed by atoms with Crippen molar-refractivity contribution in [3.63, 3.8) is 0 Å². The van der Waals surface area contributed by atoms with E-state index in [1.54, 1.807) is 0 Å². The average Bonchev–Trinajstić information content (AvgIpc) is 2.18. The van der Waals surface area contributed by atoms with E-state index in [1.165, 1.54) is 5.57 Å². The van der Waals surface area contributed by atoms with Gasteiger partial charge in [0.15, 0.2) is 0 Å². The minimum absolute atomic E-state index is 0.444. The lowest BCUT2D eigenvalue weighted by molar-refractivity contribution is 0.112. The monoisotopic (exact) mass is 199 g/mol. The summed E-state index contributed by atoms with van der Waals surface area (Å²) in [7, 11) is 0. The summed E-state index contributed by atoms with van der Waals surface area (Å²) in [6, 6.07) is 0.444. The maximum Gasteiger partial charge on any atom is 0.0622 e. The summed E-state index contributed by atoms with van der Waals surface area (Å²) in [6.07, 6.45) is 3.19. The van der Waals surface area contributed by atoms with Crippen LogP contribution in [0.25, 0.3) is 0 Å². The molecular formula is C12H25NO. The second-order valence-corrected chi connectivity index (χ2v) is 3.64. The van der Waals surface area contributed by atoms with Crippen LogP contribution in [0.5, 0.6) is 0 Å². The molecule has 14 heavy (non-hydrogen) atoms. The molecule has 1 unspecified atom stereocenters. The summed E-state index contributed by atoms with van der Waals surface area (Å²) in [5.74, 6) is 0. The summed E-state index contributed by atoms with van der Waals surface area (Å²) in [5, 5.41) is 3.42. The maximum absolute atomic E-state index is 5.54. The normalized spacial score (nSPS) is 12.8. The van der Waals surface area contributed by atoms with E-state index in [4.69, 9.17) is 4.74 Å². The second-order valence-electron chi connectivity index (χ2n) is 3.64. The van der Waals surface area contributed by atoms with Crippen molar-refractivity contribution in [1.82, 2.24) is 5.32 Å². The lowest BCUT2D eigenvalue weighted by Gasteiger charge is -2.18. The Morgan fingerprint density at radius 2 is 2.07 bits per heavy atom. The number of nitrogens with one attached hydrogen (secondary N) is 1. The highest BCUT2D eigenvalue weighted by molar-refractivity contribution is 4.96. The molecule has 0 rings (SSSR count). The van der Waals surface area contributed by atoms with Gasteiger partial charge in [-0.1, -0.05) is 32.9 Å². The maximum atomic E-state index is 5.54. The van der Waals surface area contributed by atoms with Crippen molar-refractivity contribution in [3.05, 3.63) is 12.2 Å². The minimum atomic E-state index is 0.444. The molecule has 0 saturated heterocycles. The first-order valence-corrected chi connectivity index (χ1v) is 5.72. The van der Waals surface area contributed by atoms with Crippen molar-refractivity contribution < 1.29 is 4.74 Å². The lowest BCUT2D eigenvalue weighted by Crippen LogP contribution is -2.33. The van der Waals surface area contributed by atoms with Gasteiger partial charge in [-0.05, 0) is 25.8 Å². The van der Waals surface area contributed by atoms with E-state index < -0.39 is 0 Å². The third-order valence-corrected chi connectivity index (χ3v) is 2.20. The van der Waals surface area contributed by atoms with E-state index in [0.717, 1.165) is 39.0 Å². The highest BCUT2D eigenvalue weighted by Gasteiger charge is 2.07. The topological polar surface area (TPSA) is 21.3 Å². The van der Waals surface area contributed by atoms with Gasteiger partial charge in [0.05, 0.1) is 6.61 Å². The molecule has 84 valence electrons. The minimum Gasteiger partial charge on any atom is -0.380 e. The van der Waals surface area contributed by atoms with Gasteiger partial charge in [0.2, 0.25) is 0 Å². The van der Waals surface area contributed by atoms with Crippen molar-refractivity contribution in [2.24, 2.45) is 0 Å². The molecule has 0 aromatic heterocycles. The van der Waals surface area contributed by atoms with E-state index in [9.17, 15) is 0 Å². The summed E-state index contributed by atoms with van der Waals surface area (Å²) in [6.45, 7) is 13.1. The molecule has 0 spiro atoms. The van der Waals surface area contributed by atoms with Crippen molar-refractivity contribution in [2.75, 3.05) is 19.8 Å². The van der Waals surface area contributed by atoms with E-state index in [0.29, 0.717) is 6.04 Å². The SMILES string of the molecule is C=C(CC)CC(COCCC)NCC. The molecule has 0 aliphatic carbocycles. The molecule has 0 amide bonds. The van der Waals surface area contributed by atoms with E-state index >= 15 is 0 Å². The molecule has 1 atom stereocenters. The molecule has 1 N–H and O–H groups in total. The molecule has 0 bridgehead atoms. The van der Waals surface area contributed by atoms with Gasteiger partial charge in [-0.3, -0.25) is 0 Å².